The summed E-state index contributed by atoms with van der Waals surface area (Å²) in [6.07, 6.45) is 2.85. The molecule has 0 N–H and O–H groups in total. The van der Waals surface area contributed by atoms with Crippen molar-refractivity contribution in [1.82, 2.24) is 0 Å². The Morgan fingerprint density at radius 1 is 1.50 bits per heavy atom. The number of hydrogen-bond acceptors (Lipinski definition) is 0. The third-order valence-electron chi connectivity index (χ3n) is 2.35. The van der Waals surface area contributed by atoms with E-state index in [1.165, 1.54) is 5.56 Å². The van der Waals surface area contributed by atoms with Gasteiger partial charge in [0.05, 0.1) is 0 Å². The Morgan fingerprint density at radius 3 is 2.64 bits per heavy atom. The van der Waals surface area contributed by atoms with Crippen LogP contribution in [0.2, 0.25) is 0 Å². The van der Waals surface area contributed by atoms with Crippen LogP contribution in [-0.2, 0) is 6.42 Å². The zero-order valence-corrected chi connectivity index (χ0v) is 10.6. The van der Waals surface area contributed by atoms with Crippen LogP contribution in [0.15, 0.2) is 41.4 Å². The molecule has 0 heterocycles. The van der Waals surface area contributed by atoms with Gasteiger partial charge in [0, 0.05) is 15.8 Å². The van der Waals surface area contributed by atoms with Gasteiger partial charge in [-0.1, -0.05) is 47.1 Å². The van der Waals surface area contributed by atoms with E-state index in [2.05, 4.69) is 35.5 Å². The first-order valence-corrected chi connectivity index (χ1v) is 5.87. The molecule has 0 aliphatic carbocycles. The van der Waals surface area contributed by atoms with Gasteiger partial charge in [-0.05, 0) is 18.1 Å². The van der Waals surface area contributed by atoms with Gasteiger partial charge in [-0.25, -0.2) is 0 Å². The van der Waals surface area contributed by atoms with E-state index < -0.39 is 0 Å². The van der Waals surface area contributed by atoms with E-state index in [9.17, 15) is 0 Å². The van der Waals surface area contributed by atoms with Gasteiger partial charge in [-0.2, -0.15) is 0 Å². The minimum Gasteiger partial charge on any atom is -0.126 e. The molecule has 0 bridgehead atoms. The van der Waals surface area contributed by atoms with E-state index in [0.717, 1.165) is 10.9 Å². The van der Waals surface area contributed by atoms with Crippen molar-refractivity contribution in [3.8, 4) is 0 Å². The predicted octanol–water partition coefficient (Wildman–Crippen LogP) is 4.42. The fourth-order valence-corrected chi connectivity index (χ4v) is 1.88. The van der Waals surface area contributed by atoms with Gasteiger partial charge in [0.2, 0.25) is 0 Å². The van der Waals surface area contributed by atoms with Crippen molar-refractivity contribution in [2.45, 2.75) is 13.3 Å². The van der Waals surface area contributed by atoms with Crippen LogP contribution < -0.4 is 0 Å². The lowest BCUT2D eigenvalue weighted by atomic mass is 9.86. The van der Waals surface area contributed by atoms with Crippen molar-refractivity contribution < 1.29 is 0 Å². The molecule has 1 aromatic carbocycles. The van der Waals surface area contributed by atoms with E-state index >= 15 is 0 Å². The SMILES string of the molecule is C=CC(C)(CCl)Cc1ccccc1Br. The highest BCUT2D eigenvalue weighted by Crippen LogP contribution is 2.28. The normalized spacial score (nSPS) is 14.8. The highest BCUT2D eigenvalue weighted by atomic mass is 79.9. The molecule has 2 heteroatoms. The Balaban J connectivity index is 2.87. The topological polar surface area (TPSA) is 0 Å². The van der Waals surface area contributed by atoms with E-state index in [0.29, 0.717) is 5.88 Å². The molecule has 1 rings (SSSR count). The maximum absolute atomic E-state index is 5.92. The molecule has 0 aromatic heterocycles. The monoisotopic (exact) mass is 272 g/mol. The summed E-state index contributed by atoms with van der Waals surface area (Å²) in [5.41, 5.74) is 1.25. The Morgan fingerprint density at radius 2 is 2.14 bits per heavy atom. The zero-order valence-electron chi connectivity index (χ0n) is 8.26. The van der Waals surface area contributed by atoms with Crippen molar-refractivity contribution >= 4 is 27.5 Å². The molecule has 14 heavy (non-hydrogen) atoms. The third-order valence-corrected chi connectivity index (χ3v) is 3.73. The maximum Gasteiger partial charge on any atom is 0.0315 e. The van der Waals surface area contributed by atoms with Crippen LogP contribution in [0.1, 0.15) is 12.5 Å². The summed E-state index contributed by atoms with van der Waals surface area (Å²) in [5.74, 6) is 0.595. The van der Waals surface area contributed by atoms with Gasteiger partial charge in [0.15, 0.2) is 0 Å². The molecule has 0 aliphatic heterocycles. The Labute approximate surface area is 99.1 Å². The molecular formula is C12H14BrCl. The number of alkyl halides is 1. The second kappa shape index (κ2) is 4.99. The van der Waals surface area contributed by atoms with Gasteiger partial charge >= 0.3 is 0 Å². The molecule has 0 saturated carbocycles. The standard InChI is InChI=1S/C12H14BrCl/c1-3-12(2,9-14)8-10-6-4-5-7-11(10)13/h3-7H,1,8-9H2,2H3. The molecule has 0 saturated heterocycles. The first kappa shape index (κ1) is 11.8. The van der Waals surface area contributed by atoms with Crippen molar-refractivity contribution in [2.75, 3.05) is 5.88 Å². The van der Waals surface area contributed by atoms with Crippen molar-refractivity contribution in [3.63, 3.8) is 0 Å². The number of hydrogen-bond donors (Lipinski definition) is 0. The fourth-order valence-electron chi connectivity index (χ4n) is 1.25. The van der Waals surface area contributed by atoms with Crippen LogP contribution in [0.4, 0.5) is 0 Å². The summed E-state index contributed by atoms with van der Waals surface area (Å²) >= 11 is 9.45. The molecule has 0 spiro atoms. The van der Waals surface area contributed by atoms with Crippen LogP contribution in [0.5, 0.6) is 0 Å². The average molecular weight is 274 g/mol. The van der Waals surface area contributed by atoms with E-state index in [-0.39, 0.29) is 5.41 Å². The average Bonchev–Trinajstić information content (AvgIpc) is 2.21. The minimum atomic E-state index is -0.0224. The number of halogens is 2. The predicted molar refractivity (Wildman–Crippen MR) is 66.9 cm³/mol. The fraction of sp³-hybridized carbons (Fsp3) is 0.333. The number of allylic oxidation sites excluding steroid dienone is 1. The molecule has 0 nitrogen and oxygen atoms in total. The van der Waals surface area contributed by atoms with Gasteiger partial charge in [0.25, 0.3) is 0 Å². The van der Waals surface area contributed by atoms with Crippen LogP contribution in [0.3, 0.4) is 0 Å². The van der Waals surface area contributed by atoms with Crippen LogP contribution in [0.25, 0.3) is 0 Å². The largest absolute Gasteiger partial charge is 0.126 e. The van der Waals surface area contributed by atoms with Crippen LogP contribution >= 0.6 is 27.5 Å². The number of benzene rings is 1. The van der Waals surface area contributed by atoms with Crippen LogP contribution in [-0.4, -0.2) is 5.88 Å². The molecule has 76 valence electrons. The van der Waals surface area contributed by atoms with Gasteiger partial charge < -0.3 is 0 Å². The third kappa shape index (κ3) is 2.86. The summed E-state index contributed by atoms with van der Waals surface area (Å²) in [4.78, 5) is 0. The van der Waals surface area contributed by atoms with Crippen molar-refractivity contribution in [3.05, 3.63) is 47.0 Å². The molecule has 1 atom stereocenters. The summed E-state index contributed by atoms with van der Waals surface area (Å²) < 4.78 is 1.14. The summed E-state index contributed by atoms with van der Waals surface area (Å²) in [5, 5.41) is 0. The highest BCUT2D eigenvalue weighted by Gasteiger charge is 2.20. The summed E-state index contributed by atoms with van der Waals surface area (Å²) in [7, 11) is 0. The molecule has 1 aromatic rings. The lowest BCUT2D eigenvalue weighted by molar-refractivity contribution is 0.485. The van der Waals surface area contributed by atoms with E-state index in [1.807, 2.05) is 24.3 Å². The minimum absolute atomic E-state index is 0.0224. The van der Waals surface area contributed by atoms with Gasteiger partial charge in [-0.3, -0.25) is 0 Å². The van der Waals surface area contributed by atoms with Gasteiger partial charge in [0.1, 0.15) is 0 Å². The highest BCUT2D eigenvalue weighted by molar-refractivity contribution is 9.10. The first-order chi connectivity index (χ1) is 6.61. The molecule has 0 fully saturated rings. The number of rotatable bonds is 4. The molecule has 0 aliphatic rings. The lowest BCUT2D eigenvalue weighted by Gasteiger charge is -2.23. The summed E-state index contributed by atoms with van der Waals surface area (Å²) in [6.45, 7) is 5.95. The maximum atomic E-state index is 5.92. The molecular weight excluding hydrogens is 259 g/mol. The quantitative estimate of drug-likeness (QED) is 0.563. The van der Waals surface area contributed by atoms with Crippen molar-refractivity contribution in [1.29, 1.82) is 0 Å². The van der Waals surface area contributed by atoms with E-state index in [4.69, 9.17) is 11.6 Å². The second-order valence-corrected chi connectivity index (χ2v) is 4.88. The smallest absolute Gasteiger partial charge is 0.0315 e. The molecule has 1 unspecified atom stereocenters. The Kier molecular flexibility index (Phi) is 4.21. The molecule has 0 amide bonds. The van der Waals surface area contributed by atoms with Gasteiger partial charge in [-0.15, -0.1) is 18.2 Å². The Hall–Kier alpha value is -0.270. The lowest BCUT2D eigenvalue weighted by Crippen LogP contribution is -2.18. The van der Waals surface area contributed by atoms with Crippen molar-refractivity contribution in [2.24, 2.45) is 5.41 Å². The second-order valence-electron chi connectivity index (χ2n) is 3.76. The summed E-state index contributed by atoms with van der Waals surface area (Å²) in [6, 6.07) is 8.21. The van der Waals surface area contributed by atoms with Crippen LogP contribution in [0, 0.1) is 5.41 Å². The van der Waals surface area contributed by atoms with E-state index in [1.54, 1.807) is 0 Å². The Bertz CT molecular complexity index is 322. The first-order valence-electron chi connectivity index (χ1n) is 4.54. The molecule has 0 radical (unpaired) electrons. The zero-order chi connectivity index (χ0) is 10.6.